The summed E-state index contributed by atoms with van der Waals surface area (Å²) in [6, 6.07) is 7.26. The number of nitrogens with two attached hydrogens (primary N) is 1. The molecule has 0 spiro atoms. The van der Waals surface area contributed by atoms with Gasteiger partial charge in [-0.25, -0.2) is 0 Å². The summed E-state index contributed by atoms with van der Waals surface area (Å²) in [6.45, 7) is 1.95. The van der Waals surface area contributed by atoms with Crippen LogP contribution >= 0.6 is 23.8 Å². The largest absolute Gasteiger partial charge is 0.389 e. The fourth-order valence-electron chi connectivity index (χ4n) is 1.52. The molecule has 1 aromatic heterocycles. The maximum absolute atomic E-state index is 5.91. The Labute approximate surface area is 115 Å². The highest BCUT2D eigenvalue weighted by molar-refractivity contribution is 7.80. The van der Waals surface area contributed by atoms with Crippen molar-refractivity contribution < 1.29 is 0 Å². The molecule has 6 heteroatoms. The normalized spacial score (nSPS) is 10.1. The Bertz CT molecular complexity index is 600. The Hall–Kier alpha value is -1.72. The van der Waals surface area contributed by atoms with E-state index < -0.39 is 0 Å². The zero-order chi connectivity index (χ0) is 13.1. The summed E-state index contributed by atoms with van der Waals surface area (Å²) in [6.07, 6.45) is 1.55. The van der Waals surface area contributed by atoms with Crippen LogP contribution in [-0.4, -0.2) is 15.2 Å². The molecule has 2 aromatic rings. The quantitative estimate of drug-likeness (QED) is 0.845. The molecule has 0 saturated heterocycles. The highest BCUT2D eigenvalue weighted by Crippen LogP contribution is 2.23. The van der Waals surface area contributed by atoms with Gasteiger partial charge in [-0.1, -0.05) is 23.8 Å². The van der Waals surface area contributed by atoms with E-state index >= 15 is 0 Å². The van der Waals surface area contributed by atoms with Crippen LogP contribution in [0.3, 0.4) is 0 Å². The first-order valence-corrected chi connectivity index (χ1v) is 6.01. The lowest BCUT2D eigenvalue weighted by Crippen LogP contribution is -2.13. The van der Waals surface area contributed by atoms with Gasteiger partial charge in [0.15, 0.2) is 5.82 Å². The van der Waals surface area contributed by atoms with Gasteiger partial charge in [-0.3, -0.25) is 0 Å². The number of halogens is 1. The maximum Gasteiger partial charge on any atom is 0.163 e. The van der Waals surface area contributed by atoms with Crippen molar-refractivity contribution >= 4 is 40.3 Å². The van der Waals surface area contributed by atoms with Gasteiger partial charge in [-0.15, -0.1) is 5.10 Å². The average molecular weight is 279 g/mol. The molecule has 0 radical (unpaired) electrons. The SMILES string of the molecule is Cc1cc(Cl)ccc1Nc1nnccc1C(N)=S. The Morgan fingerprint density at radius 2 is 2.17 bits per heavy atom. The van der Waals surface area contributed by atoms with Crippen LogP contribution in [0, 0.1) is 6.92 Å². The lowest BCUT2D eigenvalue weighted by Gasteiger charge is -2.11. The van der Waals surface area contributed by atoms with Crippen LogP contribution in [0.5, 0.6) is 0 Å². The predicted molar refractivity (Wildman–Crippen MR) is 77.4 cm³/mol. The Morgan fingerprint density at radius 3 is 2.83 bits per heavy atom. The van der Waals surface area contributed by atoms with E-state index in [0.717, 1.165) is 11.3 Å². The number of hydrogen-bond donors (Lipinski definition) is 2. The first-order chi connectivity index (χ1) is 8.58. The van der Waals surface area contributed by atoms with E-state index in [2.05, 4.69) is 15.5 Å². The number of benzene rings is 1. The van der Waals surface area contributed by atoms with E-state index in [1.54, 1.807) is 18.3 Å². The molecule has 3 N–H and O–H groups in total. The summed E-state index contributed by atoms with van der Waals surface area (Å²) in [4.78, 5) is 0.277. The molecule has 92 valence electrons. The summed E-state index contributed by atoms with van der Waals surface area (Å²) in [5.74, 6) is 0.537. The highest BCUT2D eigenvalue weighted by Gasteiger charge is 2.08. The molecule has 0 bridgehead atoms. The summed E-state index contributed by atoms with van der Waals surface area (Å²) in [7, 11) is 0. The van der Waals surface area contributed by atoms with Crippen LogP contribution in [0.1, 0.15) is 11.1 Å². The van der Waals surface area contributed by atoms with Crippen LogP contribution < -0.4 is 11.1 Å². The van der Waals surface area contributed by atoms with Crippen molar-refractivity contribution in [2.75, 3.05) is 5.32 Å². The van der Waals surface area contributed by atoms with Gasteiger partial charge in [0.25, 0.3) is 0 Å². The average Bonchev–Trinajstić information content (AvgIpc) is 2.33. The van der Waals surface area contributed by atoms with Gasteiger partial charge in [-0.05, 0) is 36.8 Å². The second kappa shape index (κ2) is 5.29. The van der Waals surface area contributed by atoms with Crippen LogP contribution in [0.4, 0.5) is 11.5 Å². The first-order valence-electron chi connectivity index (χ1n) is 5.22. The fraction of sp³-hybridized carbons (Fsp3) is 0.0833. The Morgan fingerprint density at radius 1 is 1.39 bits per heavy atom. The van der Waals surface area contributed by atoms with Crippen molar-refractivity contribution in [1.29, 1.82) is 0 Å². The molecule has 0 saturated carbocycles. The minimum absolute atomic E-state index is 0.277. The van der Waals surface area contributed by atoms with Gasteiger partial charge in [-0.2, -0.15) is 5.10 Å². The topological polar surface area (TPSA) is 63.8 Å². The fourth-order valence-corrected chi connectivity index (χ4v) is 1.91. The molecule has 0 amide bonds. The lowest BCUT2D eigenvalue weighted by atomic mass is 10.2. The highest BCUT2D eigenvalue weighted by atomic mass is 35.5. The number of aryl methyl sites for hydroxylation is 1. The molecule has 0 unspecified atom stereocenters. The monoisotopic (exact) mass is 278 g/mol. The van der Waals surface area contributed by atoms with Gasteiger partial charge in [0.1, 0.15) is 4.99 Å². The van der Waals surface area contributed by atoms with E-state index in [1.165, 1.54) is 0 Å². The van der Waals surface area contributed by atoms with Crippen molar-refractivity contribution in [2.24, 2.45) is 5.73 Å². The van der Waals surface area contributed by atoms with E-state index in [9.17, 15) is 0 Å². The smallest absolute Gasteiger partial charge is 0.163 e. The zero-order valence-corrected chi connectivity index (χ0v) is 11.2. The van der Waals surface area contributed by atoms with E-state index in [-0.39, 0.29) is 4.99 Å². The van der Waals surface area contributed by atoms with E-state index in [1.807, 2.05) is 19.1 Å². The number of nitrogens with one attached hydrogen (secondary N) is 1. The van der Waals surface area contributed by atoms with Crippen LogP contribution in [0.15, 0.2) is 30.5 Å². The standard InChI is InChI=1S/C12H11ClN4S/c1-7-6-8(13)2-3-10(7)16-12-9(11(14)18)4-5-15-17-12/h2-6H,1H3,(H2,14,18)(H,16,17). The third-order valence-corrected chi connectivity index (χ3v) is 2.88. The molecule has 0 aliphatic carbocycles. The van der Waals surface area contributed by atoms with Crippen molar-refractivity contribution in [3.63, 3.8) is 0 Å². The number of aromatic nitrogens is 2. The maximum atomic E-state index is 5.91. The molecule has 2 rings (SSSR count). The molecule has 0 aliphatic heterocycles. The predicted octanol–water partition coefficient (Wildman–Crippen LogP) is 2.82. The minimum Gasteiger partial charge on any atom is -0.389 e. The number of rotatable bonds is 3. The molecule has 4 nitrogen and oxygen atoms in total. The van der Waals surface area contributed by atoms with Gasteiger partial charge >= 0.3 is 0 Å². The summed E-state index contributed by atoms with van der Waals surface area (Å²) < 4.78 is 0. The molecular formula is C12H11ClN4S. The Kier molecular flexibility index (Phi) is 3.74. The van der Waals surface area contributed by atoms with Gasteiger partial charge < -0.3 is 11.1 Å². The summed E-state index contributed by atoms with van der Waals surface area (Å²) in [5.41, 5.74) is 8.18. The zero-order valence-electron chi connectivity index (χ0n) is 9.64. The van der Waals surface area contributed by atoms with Crippen molar-refractivity contribution in [1.82, 2.24) is 10.2 Å². The molecular weight excluding hydrogens is 268 g/mol. The summed E-state index contributed by atoms with van der Waals surface area (Å²) in [5, 5.41) is 11.7. The van der Waals surface area contributed by atoms with Gasteiger partial charge in [0.05, 0.1) is 11.8 Å². The molecule has 1 heterocycles. The molecule has 18 heavy (non-hydrogen) atoms. The van der Waals surface area contributed by atoms with Crippen LogP contribution in [0.25, 0.3) is 0 Å². The lowest BCUT2D eigenvalue weighted by molar-refractivity contribution is 1.03. The van der Waals surface area contributed by atoms with Crippen molar-refractivity contribution in [3.8, 4) is 0 Å². The molecule has 0 fully saturated rings. The van der Waals surface area contributed by atoms with Crippen molar-refractivity contribution in [2.45, 2.75) is 6.92 Å². The molecule has 0 atom stereocenters. The van der Waals surface area contributed by atoms with Crippen molar-refractivity contribution in [3.05, 3.63) is 46.6 Å². The third-order valence-electron chi connectivity index (χ3n) is 2.43. The number of thiocarbonyl (C=S) groups is 1. The van der Waals surface area contributed by atoms with E-state index in [0.29, 0.717) is 16.4 Å². The summed E-state index contributed by atoms with van der Waals surface area (Å²) >= 11 is 10.9. The molecule has 0 aliphatic rings. The number of nitrogens with zero attached hydrogens (tertiary/aromatic N) is 2. The van der Waals surface area contributed by atoms with Gasteiger partial charge in [0.2, 0.25) is 0 Å². The number of hydrogen-bond acceptors (Lipinski definition) is 4. The van der Waals surface area contributed by atoms with Crippen LogP contribution in [-0.2, 0) is 0 Å². The van der Waals surface area contributed by atoms with Gasteiger partial charge in [0, 0.05) is 10.7 Å². The molecule has 1 aromatic carbocycles. The van der Waals surface area contributed by atoms with Crippen LogP contribution in [0.2, 0.25) is 5.02 Å². The minimum atomic E-state index is 0.277. The third kappa shape index (κ3) is 2.75. The first kappa shape index (κ1) is 12.7. The Balaban J connectivity index is 2.37. The number of anilines is 2. The second-order valence-corrected chi connectivity index (χ2v) is 4.62. The van der Waals surface area contributed by atoms with E-state index in [4.69, 9.17) is 29.6 Å². The second-order valence-electron chi connectivity index (χ2n) is 3.74.